The van der Waals surface area contributed by atoms with Crippen LogP contribution in [0.2, 0.25) is 0 Å². The fourth-order valence-corrected chi connectivity index (χ4v) is 3.19. The zero-order chi connectivity index (χ0) is 18.4. The summed E-state index contributed by atoms with van der Waals surface area (Å²) in [4.78, 5) is 26.7. The number of piperidine rings is 1. The van der Waals surface area contributed by atoms with Gasteiger partial charge in [-0.05, 0) is 51.1 Å². The molecule has 7 heteroatoms. The molecular formula is C18H25N3O4. The number of nitrogens with zero attached hydrogens (tertiary/aromatic N) is 3. The highest BCUT2D eigenvalue weighted by Gasteiger charge is 2.28. The Morgan fingerprint density at radius 1 is 1.44 bits per heavy atom. The number of ether oxygens (including phenoxy) is 1. The van der Waals surface area contributed by atoms with Crippen molar-refractivity contribution < 1.29 is 14.5 Å². The summed E-state index contributed by atoms with van der Waals surface area (Å²) >= 11 is 0. The molecule has 1 atom stereocenters. The number of benzene rings is 1. The van der Waals surface area contributed by atoms with E-state index in [0.717, 1.165) is 32.4 Å². The number of rotatable bonds is 6. The van der Waals surface area contributed by atoms with Crippen molar-refractivity contribution in [3.05, 3.63) is 40.0 Å². The predicted octanol–water partition coefficient (Wildman–Crippen LogP) is 2.70. The number of carbonyl (C=O) groups is 1. The van der Waals surface area contributed by atoms with Crippen molar-refractivity contribution in [3.63, 3.8) is 0 Å². The molecule has 1 aliphatic rings. The van der Waals surface area contributed by atoms with E-state index >= 15 is 0 Å². The van der Waals surface area contributed by atoms with Gasteiger partial charge in [-0.25, -0.2) is 4.79 Å². The van der Waals surface area contributed by atoms with E-state index in [-0.39, 0.29) is 16.7 Å². The third-order valence-electron chi connectivity index (χ3n) is 4.32. The summed E-state index contributed by atoms with van der Waals surface area (Å²) in [5.74, 6) is -0.492. The van der Waals surface area contributed by atoms with Crippen LogP contribution in [0.1, 0.15) is 24.8 Å². The molecule has 0 N–H and O–H groups in total. The van der Waals surface area contributed by atoms with E-state index in [4.69, 9.17) is 0 Å². The Morgan fingerprint density at radius 3 is 2.84 bits per heavy atom. The van der Waals surface area contributed by atoms with Gasteiger partial charge in [-0.3, -0.25) is 10.1 Å². The second-order valence-electron chi connectivity index (χ2n) is 6.47. The number of nitro benzene ring substituents is 1. The maximum Gasteiger partial charge on any atom is 0.330 e. The highest BCUT2D eigenvalue weighted by molar-refractivity contribution is 5.87. The van der Waals surface area contributed by atoms with Crippen LogP contribution in [0.4, 0.5) is 11.4 Å². The van der Waals surface area contributed by atoms with E-state index in [1.807, 2.05) is 14.1 Å². The Labute approximate surface area is 148 Å². The van der Waals surface area contributed by atoms with Gasteiger partial charge in [0.15, 0.2) is 0 Å². The van der Waals surface area contributed by atoms with Crippen LogP contribution in [0.15, 0.2) is 24.3 Å². The minimum atomic E-state index is -0.492. The van der Waals surface area contributed by atoms with Crippen molar-refractivity contribution in [2.45, 2.75) is 25.3 Å². The fourth-order valence-electron chi connectivity index (χ4n) is 3.19. The zero-order valence-corrected chi connectivity index (χ0v) is 15.0. The lowest BCUT2D eigenvalue weighted by molar-refractivity contribution is -0.384. The van der Waals surface area contributed by atoms with Crippen LogP contribution in [0.3, 0.4) is 0 Å². The molecule has 0 saturated carbocycles. The number of likely N-dealkylation sites (N-methyl/N-ethyl adjacent to an activating group) is 1. The van der Waals surface area contributed by atoms with Crippen molar-refractivity contribution in [2.24, 2.45) is 0 Å². The molecule has 1 saturated heterocycles. The molecule has 1 unspecified atom stereocenters. The highest BCUT2D eigenvalue weighted by Crippen LogP contribution is 2.34. The monoisotopic (exact) mass is 347 g/mol. The SMILES string of the molecule is COC(=O)/C=C/c1ccc(N2CCCCC2CN(C)C)c([N+](=O)[O-])c1. The van der Waals surface area contributed by atoms with E-state index in [0.29, 0.717) is 11.3 Å². The molecule has 1 aromatic rings. The molecular weight excluding hydrogens is 322 g/mol. The maximum atomic E-state index is 11.6. The summed E-state index contributed by atoms with van der Waals surface area (Å²) < 4.78 is 4.55. The molecule has 0 aromatic heterocycles. The van der Waals surface area contributed by atoms with Gasteiger partial charge in [-0.1, -0.05) is 6.07 Å². The average molecular weight is 347 g/mol. The van der Waals surface area contributed by atoms with E-state index < -0.39 is 5.97 Å². The van der Waals surface area contributed by atoms with Crippen LogP contribution >= 0.6 is 0 Å². The van der Waals surface area contributed by atoms with Crippen LogP contribution in [-0.2, 0) is 9.53 Å². The third-order valence-corrected chi connectivity index (χ3v) is 4.32. The molecule has 2 rings (SSSR count). The van der Waals surface area contributed by atoms with Crippen molar-refractivity contribution in [3.8, 4) is 0 Å². The quantitative estimate of drug-likeness (QED) is 0.341. The Bertz CT molecular complexity index is 658. The van der Waals surface area contributed by atoms with Gasteiger partial charge < -0.3 is 14.5 Å². The molecule has 1 aromatic carbocycles. The summed E-state index contributed by atoms with van der Waals surface area (Å²) in [6.45, 7) is 1.68. The maximum absolute atomic E-state index is 11.6. The first kappa shape index (κ1) is 18.9. The number of anilines is 1. The third kappa shape index (κ3) is 5.03. The predicted molar refractivity (Wildman–Crippen MR) is 97.7 cm³/mol. The van der Waals surface area contributed by atoms with Crippen molar-refractivity contribution in [2.75, 3.05) is 39.2 Å². The number of esters is 1. The minimum absolute atomic E-state index is 0.0673. The molecule has 1 fully saturated rings. The molecule has 7 nitrogen and oxygen atoms in total. The van der Waals surface area contributed by atoms with E-state index in [1.165, 1.54) is 25.3 Å². The molecule has 0 bridgehead atoms. The smallest absolute Gasteiger partial charge is 0.330 e. The van der Waals surface area contributed by atoms with Crippen molar-refractivity contribution >= 4 is 23.4 Å². The first-order chi connectivity index (χ1) is 11.9. The highest BCUT2D eigenvalue weighted by atomic mass is 16.6. The van der Waals surface area contributed by atoms with Gasteiger partial charge >= 0.3 is 5.97 Å². The molecule has 25 heavy (non-hydrogen) atoms. The number of carbonyl (C=O) groups excluding carboxylic acids is 1. The normalized spacial score (nSPS) is 17.9. The van der Waals surface area contributed by atoms with Gasteiger partial charge in [0.1, 0.15) is 5.69 Å². The van der Waals surface area contributed by atoms with Crippen LogP contribution in [-0.4, -0.2) is 56.1 Å². The number of hydrogen-bond donors (Lipinski definition) is 0. The van der Waals surface area contributed by atoms with Crippen molar-refractivity contribution in [1.82, 2.24) is 4.90 Å². The van der Waals surface area contributed by atoms with Gasteiger partial charge in [-0.2, -0.15) is 0 Å². The zero-order valence-electron chi connectivity index (χ0n) is 15.0. The average Bonchev–Trinajstić information content (AvgIpc) is 2.59. The van der Waals surface area contributed by atoms with Gasteiger partial charge in [0.2, 0.25) is 0 Å². The lowest BCUT2D eigenvalue weighted by Gasteiger charge is -2.38. The molecule has 0 spiro atoms. The number of methoxy groups -OCH3 is 1. The lowest BCUT2D eigenvalue weighted by Crippen LogP contribution is -2.45. The van der Waals surface area contributed by atoms with Gasteiger partial charge in [0.05, 0.1) is 12.0 Å². The minimum Gasteiger partial charge on any atom is -0.466 e. The molecule has 1 aliphatic heterocycles. The fraction of sp³-hybridized carbons (Fsp3) is 0.500. The molecule has 0 radical (unpaired) electrons. The lowest BCUT2D eigenvalue weighted by atomic mass is 9.99. The van der Waals surface area contributed by atoms with Gasteiger partial charge in [0, 0.05) is 31.3 Å². The summed E-state index contributed by atoms with van der Waals surface area (Å²) in [7, 11) is 5.32. The van der Waals surface area contributed by atoms with Crippen LogP contribution in [0.25, 0.3) is 6.08 Å². The second kappa shape index (κ2) is 8.62. The van der Waals surface area contributed by atoms with Crippen LogP contribution < -0.4 is 4.90 Å². The molecule has 136 valence electrons. The van der Waals surface area contributed by atoms with Gasteiger partial charge in [-0.15, -0.1) is 0 Å². The summed E-state index contributed by atoms with van der Waals surface area (Å²) in [6.07, 6.45) is 5.98. The number of nitro groups is 1. The Kier molecular flexibility index (Phi) is 6.52. The Hall–Kier alpha value is -2.41. The summed E-state index contributed by atoms with van der Waals surface area (Å²) in [6, 6.07) is 5.35. The van der Waals surface area contributed by atoms with Crippen LogP contribution in [0, 0.1) is 10.1 Å². The van der Waals surface area contributed by atoms with Gasteiger partial charge in [0.25, 0.3) is 5.69 Å². The summed E-state index contributed by atoms with van der Waals surface area (Å²) in [5.41, 5.74) is 1.31. The first-order valence-corrected chi connectivity index (χ1v) is 8.38. The largest absolute Gasteiger partial charge is 0.466 e. The molecule has 1 heterocycles. The molecule has 0 amide bonds. The molecule has 0 aliphatic carbocycles. The van der Waals surface area contributed by atoms with E-state index in [1.54, 1.807) is 12.1 Å². The topological polar surface area (TPSA) is 75.9 Å². The second-order valence-corrected chi connectivity index (χ2v) is 6.47. The van der Waals surface area contributed by atoms with Crippen LogP contribution in [0.5, 0.6) is 0 Å². The van der Waals surface area contributed by atoms with Crippen molar-refractivity contribution in [1.29, 1.82) is 0 Å². The van der Waals surface area contributed by atoms with E-state index in [9.17, 15) is 14.9 Å². The summed E-state index contributed by atoms with van der Waals surface area (Å²) in [5, 5.41) is 11.6. The number of hydrogen-bond acceptors (Lipinski definition) is 6. The van der Waals surface area contributed by atoms with E-state index in [2.05, 4.69) is 14.5 Å². The Morgan fingerprint density at radius 2 is 2.20 bits per heavy atom. The first-order valence-electron chi connectivity index (χ1n) is 8.38. The Balaban J connectivity index is 2.34. The standard InChI is InChI=1S/C18H25N3O4/c1-19(2)13-15-6-4-5-11-20(15)16-9-7-14(8-10-18(22)25-3)12-17(16)21(23)24/h7-10,12,15H,4-6,11,13H2,1-3H3/b10-8+.